The summed E-state index contributed by atoms with van der Waals surface area (Å²) in [6, 6.07) is 8.35. The standard InChI is InChI=1S/C17H23N3O/c1-13-10-18-17(19-13)15-6-4-8-20(12-15)11-14-5-3-7-16(9-14)21-2/h3,5,7,9-10,15H,4,6,8,11-12H2,1-2H3,(H,18,19)/t15-/m0/s1. The number of methoxy groups -OCH3 is 1. The number of hydrogen-bond acceptors (Lipinski definition) is 3. The molecule has 0 spiro atoms. The van der Waals surface area contributed by atoms with Crippen LogP contribution in [0.4, 0.5) is 0 Å². The van der Waals surface area contributed by atoms with Crippen molar-refractivity contribution in [3.05, 3.63) is 47.5 Å². The normalized spacial score (nSPS) is 19.6. The zero-order chi connectivity index (χ0) is 14.7. The van der Waals surface area contributed by atoms with Crippen LogP contribution in [0.1, 0.15) is 35.8 Å². The minimum atomic E-state index is 0.526. The van der Waals surface area contributed by atoms with Gasteiger partial charge in [0.2, 0.25) is 0 Å². The van der Waals surface area contributed by atoms with Gasteiger partial charge in [-0.25, -0.2) is 4.98 Å². The lowest BCUT2D eigenvalue weighted by atomic mass is 9.97. The van der Waals surface area contributed by atoms with E-state index in [1.54, 1.807) is 7.11 Å². The lowest BCUT2D eigenvalue weighted by Gasteiger charge is -2.31. The zero-order valence-corrected chi connectivity index (χ0v) is 12.8. The molecule has 1 atom stereocenters. The highest BCUT2D eigenvalue weighted by Gasteiger charge is 2.23. The highest BCUT2D eigenvalue weighted by Crippen LogP contribution is 2.26. The fraction of sp³-hybridized carbons (Fsp3) is 0.471. The molecule has 1 aliphatic heterocycles. The van der Waals surface area contributed by atoms with E-state index in [4.69, 9.17) is 4.74 Å². The number of aryl methyl sites for hydroxylation is 1. The zero-order valence-electron chi connectivity index (χ0n) is 12.8. The monoisotopic (exact) mass is 285 g/mol. The summed E-state index contributed by atoms with van der Waals surface area (Å²) in [5.74, 6) is 2.60. The maximum atomic E-state index is 5.30. The van der Waals surface area contributed by atoms with Crippen molar-refractivity contribution in [2.75, 3.05) is 20.2 Å². The van der Waals surface area contributed by atoms with E-state index in [0.717, 1.165) is 36.9 Å². The number of imidazole rings is 1. The van der Waals surface area contributed by atoms with Crippen molar-refractivity contribution in [3.8, 4) is 5.75 Å². The molecule has 0 aliphatic carbocycles. The van der Waals surface area contributed by atoms with E-state index >= 15 is 0 Å². The molecule has 0 amide bonds. The minimum Gasteiger partial charge on any atom is -0.497 e. The van der Waals surface area contributed by atoms with Crippen LogP contribution in [-0.4, -0.2) is 35.1 Å². The molecule has 0 saturated carbocycles. The quantitative estimate of drug-likeness (QED) is 0.938. The molecule has 4 nitrogen and oxygen atoms in total. The average molecular weight is 285 g/mol. The SMILES string of the molecule is COc1cccc(CN2CCC[C@H](c3ncc(C)[nH]3)C2)c1. The van der Waals surface area contributed by atoms with E-state index in [2.05, 4.69) is 40.0 Å². The van der Waals surface area contributed by atoms with Gasteiger partial charge in [0.25, 0.3) is 0 Å². The molecule has 0 unspecified atom stereocenters. The van der Waals surface area contributed by atoms with Gasteiger partial charge in [-0.05, 0) is 44.0 Å². The van der Waals surface area contributed by atoms with Crippen LogP contribution in [0, 0.1) is 6.92 Å². The number of rotatable bonds is 4. The van der Waals surface area contributed by atoms with Gasteiger partial charge in [0, 0.05) is 30.9 Å². The number of piperidine rings is 1. The van der Waals surface area contributed by atoms with Gasteiger partial charge in [-0.2, -0.15) is 0 Å². The van der Waals surface area contributed by atoms with E-state index in [-0.39, 0.29) is 0 Å². The Morgan fingerprint density at radius 2 is 2.33 bits per heavy atom. The number of aromatic nitrogens is 2. The number of likely N-dealkylation sites (tertiary alicyclic amines) is 1. The molecule has 0 radical (unpaired) electrons. The maximum Gasteiger partial charge on any atom is 0.119 e. The van der Waals surface area contributed by atoms with Crippen molar-refractivity contribution >= 4 is 0 Å². The second-order valence-electron chi connectivity index (χ2n) is 5.88. The van der Waals surface area contributed by atoms with E-state index < -0.39 is 0 Å². The smallest absolute Gasteiger partial charge is 0.119 e. The van der Waals surface area contributed by atoms with Crippen molar-refractivity contribution in [3.63, 3.8) is 0 Å². The maximum absolute atomic E-state index is 5.30. The fourth-order valence-corrected chi connectivity index (χ4v) is 3.09. The second-order valence-corrected chi connectivity index (χ2v) is 5.88. The van der Waals surface area contributed by atoms with Crippen LogP contribution in [0.25, 0.3) is 0 Å². The Hall–Kier alpha value is -1.81. The Bertz CT molecular complexity index is 593. The molecule has 1 aromatic carbocycles. The first kappa shape index (κ1) is 14.1. The molecular weight excluding hydrogens is 262 g/mol. The van der Waals surface area contributed by atoms with Crippen LogP contribution in [0.15, 0.2) is 30.5 Å². The molecule has 2 heterocycles. The van der Waals surface area contributed by atoms with Gasteiger partial charge < -0.3 is 9.72 Å². The van der Waals surface area contributed by atoms with Crippen molar-refractivity contribution in [1.82, 2.24) is 14.9 Å². The van der Waals surface area contributed by atoms with Gasteiger partial charge in [0.15, 0.2) is 0 Å². The number of benzene rings is 1. The van der Waals surface area contributed by atoms with E-state index in [9.17, 15) is 0 Å². The topological polar surface area (TPSA) is 41.1 Å². The third kappa shape index (κ3) is 3.45. The Labute approximate surface area is 126 Å². The Kier molecular flexibility index (Phi) is 4.25. The van der Waals surface area contributed by atoms with Crippen molar-refractivity contribution < 1.29 is 4.74 Å². The number of ether oxygens (including phenoxy) is 1. The highest BCUT2D eigenvalue weighted by molar-refractivity contribution is 5.28. The van der Waals surface area contributed by atoms with Crippen molar-refractivity contribution in [2.24, 2.45) is 0 Å². The predicted octanol–water partition coefficient (Wildman–Crippen LogP) is 3.11. The van der Waals surface area contributed by atoms with Gasteiger partial charge in [0.05, 0.1) is 7.11 Å². The lowest BCUT2D eigenvalue weighted by molar-refractivity contribution is 0.197. The van der Waals surface area contributed by atoms with Crippen molar-refractivity contribution in [2.45, 2.75) is 32.2 Å². The van der Waals surface area contributed by atoms with Crippen LogP contribution in [0.2, 0.25) is 0 Å². The Morgan fingerprint density at radius 3 is 3.10 bits per heavy atom. The summed E-state index contributed by atoms with van der Waals surface area (Å²) >= 11 is 0. The highest BCUT2D eigenvalue weighted by atomic mass is 16.5. The molecule has 1 N–H and O–H groups in total. The molecule has 1 aromatic heterocycles. The predicted molar refractivity (Wildman–Crippen MR) is 83.6 cm³/mol. The number of nitrogens with zero attached hydrogens (tertiary/aromatic N) is 2. The number of aromatic amines is 1. The fourth-order valence-electron chi connectivity index (χ4n) is 3.09. The van der Waals surface area contributed by atoms with Gasteiger partial charge in [-0.3, -0.25) is 4.90 Å². The second kappa shape index (κ2) is 6.31. The van der Waals surface area contributed by atoms with Gasteiger partial charge in [-0.1, -0.05) is 12.1 Å². The summed E-state index contributed by atoms with van der Waals surface area (Å²) in [6.07, 6.45) is 4.38. The summed E-state index contributed by atoms with van der Waals surface area (Å²) in [6.45, 7) is 5.28. The summed E-state index contributed by atoms with van der Waals surface area (Å²) < 4.78 is 5.30. The van der Waals surface area contributed by atoms with Crippen LogP contribution in [0.5, 0.6) is 5.75 Å². The first-order valence-corrected chi connectivity index (χ1v) is 7.61. The minimum absolute atomic E-state index is 0.526. The van der Waals surface area contributed by atoms with Crippen LogP contribution >= 0.6 is 0 Å². The Balaban J connectivity index is 1.65. The largest absolute Gasteiger partial charge is 0.497 e. The number of hydrogen-bond donors (Lipinski definition) is 1. The van der Waals surface area contributed by atoms with E-state index in [1.165, 1.54) is 18.4 Å². The molecule has 4 heteroatoms. The van der Waals surface area contributed by atoms with E-state index in [1.807, 2.05) is 12.3 Å². The third-order valence-corrected chi connectivity index (χ3v) is 4.16. The number of nitrogens with one attached hydrogen (secondary N) is 1. The average Bonchev–Trinajstić information content (AvgIpc) is 2.94. The molecule has 0 bridgehead atoms. The van der Waals surface area contributed by atoms with Crippen LogP contribution in [0.3, 0.4) is 0 Å². The summed E-state index contributed by atoms with van der Waals surface area (Å²) in [7, 11) is 1.72. The van der Waals surface area contributed by atoms with E-state index in [0.29, 0.717) is 5.92 Å². The first-order chi connectivity index (χ1) is 10.2. The molecule has 3 rings (SSSR count). The summed E-state index contributed by atoms with van der Waals surface area (Å²) in [5.41, 5.74) is 2.46. The number of H-pyrrole nitrogens is 1. The van der Waals surface area contributed by atoms with Gasteiger partial charge in [-0.15, -0.1) is 0 Å². The molecule has 1 saturated heterocycles. The molecule has 1 fully saturated rings. The van der Waals surface area contributed by atoms with Crippen molar-refractivity contribution in [1.29, 1.82) is 0 Å². The molecular formula is C17H23N3O. The molecule has 1 aliphatic rings. The van der Waals surface area contributed by atoms with Crippen LogP contribution < -0.4 is 4.74 Å². The molecule has 112 valence electrons. The summed E-state index contributed by atoms with van der Waals surface area (Å²) in [4.78, 5) is 10.4. The lowest BCUT2D eigenvalue weighted by Crippen LogP contribution is -2.34. The third-order valence-electron chi connectivity index (χ3n) is 4.16. The molecule has 2 aromatic rings. The van der Waals surface area contributed by atoms with Gasteiger partial charge >= 0.3 is 0 Å². The molecule has 21 heavy (non-hydrogen) atoms. The summed E-state index contributed by atoms with van der Waals surface area (Å²) in [5, 5.41) is 0. The van der Waals surface area contributed by atoms with Crippen LogP contribution in [-0.2, 0) is 6.54 Å². The van der Waals surface area contributed by atoms with Gasteiger partial charge in [0.1, 0.15) is 11.6 Å². The Morgan fingerprint density at radius 1 is 1.43 bits per heavy atom. The first-order valence-electron chi connectivity index (χ1n) is 7.61.